The highest BCUT2D eigenvalue weighted by Crippen LogP contribution is 2.52. The van der Waals surface area contributed by atoms with E-state index in [4.69, 9.17) is 0 Å². The molecule has 4 heterocycles. The molecule has 0 spiro atoms. The summed E-state index contributed by atoms with van der Waals surface area (Å²) in [5, 5.41) is 16.9. The van der Waals surface area contributed by atoms with Crippen LogP contribution in [0.1, 0.15) is 49.9 Å². The SMILES string of the molecule is CC1(C)c2ccccc2-c2ccc(-n3c4ccccc4c4cc(-c5ccc6c(c5)c5cc(-c7ccc8c(c7)c7ccccc7n8-c7ccc8nnccc8c7)ccc5n6-c5ccc6c(c5)C(C)(C)c5ccccc5-6)ccc43)cc21. The Hall–Kier alpha value is -9.84. The van der Waals surface area contributed by atoms with Gasteiger partial charge in [0.1, 0.15) is 0 Å². The molecule has 5 nitrogen and oxygen atoms in total. The summed E-state index contributed by atoms with van der Waals surface area (Å²) in [4.78, 5) is 0. The Balaban J connectivity index is 0.838. The van der Waals surface area contributed by atoms with Crippen LogP contribution in [0, 0.1) is 0 Å². The molecule has 372 valence electrons. The van der Waals surface area contributed by atoms with Gasteiger partial charge in [0.25, 0.3) is 0 Å². The molecule has 2 aliphatic rings. The van der Waals surface area contributed by atoms with Crippen LogP contribution in [-0.2, 0) is 10.8 Å². The first kappa shape index (κ1) is 44.3. The number of para-hydroxylation sites is 2. The summed E-state index contributed by atoms with van der Waals surface area (Å²) < 4.78 is 7.35. The first-order chi connectivity index (χ1) is 38.7. The van der Waals surface area contributed by atoms with E-state index in [1.54, 1.807) is 6.20 Å². The predicted octanol–water partition coefficient (Wildman–Crippen LogP) is 18.9. The van der Waals surface area contributed by atoms with Crippen LogP contribution in [0.25, 0.3) is 138 Å². The zero-order chi connectivity index (χ0) is 52.5. The molecule has 0 unspecified atom stereocenters. The van der Waals surface area contributed by atoms with Crippen LogP contribution in [0.4, 0.5) is 0 Å². The minimum Gasteiger partial charge on any atom is -0.309 e. The van der Waals surface area contributed by atoms with Crippen molar-refractivity contribution in [2.75, 3.05) is 0 Å². The maximum absolute atomic E-state index is 4.37. The van der Waals surface area contributed by atoms with Gasteiger partial charge in [-0.15, -0.1) is 0 Å². The van der Waals surface area contributed by atoms with Crippen molar-refractivity contribution >= 4 is 76.3 Å². The fourth-order valence-corrected chi connectivity index (χ4v) is 14.3. The molecule has 11 aromatic carbocycles. The second kappa shape index (κ2) is 15.9. The van der Waals surface area contributed by atoms with Gasteiger partial charge in [-0.2, -0.15) is 10.2 Å². The Bertz CT molecular complexity index is 5150. The van der Waals surface area contributed by atoms with E-state index in [0.717, 1.165) is 22.1 Å². The van der Waals surface area contributed by atoms with Gasteiger partial charge in [0, 0.05) is 65.6 Å². The van der Waals surface area contributed by atoms with Gasteiger partial charge in [0.05, 0.1) is 44.8 Å². The van der Waals surface area contributed by atoms with Gasteiger partial charge in [-0.1, -0.05) is 149 Å². The molecule has 4 aromatic heterocycles. The first-order valence-corrected chi connectivity index (χ1v) is 27.5. The largest absolute Gasteiger partial charge is 0.309 e. The molecule has 5 heteroatoms. The number of hydrogen-bond acceptors (Lipinski definition) is 2. The van der Waals surface area contributed by atoms with Crippen LogP contribution in [0.5, 0.6) is 0 Å². The van der Waals surface area contributed by atoms with Gasteiger partial charge in [0.2, 0.25) is 0 Å². The third-order valence-electron chi connectivity index (χ3n) is 18.2. The summed E-state index contributed by atoms with van der Waals surface area (Å²) in [6, 6.07) is 86.5. The van der Waals surface area contributed by atoms with E-state index in [0.29, 0.717) is 0 Å². The van der Waals surface area contributed by atoms with Crippen molar-refractivity contribution in [3.63, 3.8) is 0 Å². The van der Waals surface area contributed by atoms with Crippen LogP contribution in [0.2, 0.25) is 0 Å². The maximum Gasteiger partial charge on any atom is 0.0931 e. The zero-order valence-corrected chi connectivity index (χ0v) is 44.3. The van der Waals surface area contributed by atoms with Gasteiger partial charge in [-0.25, -0.2) is 0 Å². The van der Waals surface area contributed by atoms with E-state index in [1.165, 1.54) is 138 Å². The zero-order valence-electron chi connectivity index (χ0n) is 44.3. The third-order valence-corrected chi connectivity index (χ3v) is 18.2. The fraction of sp³-hybridized carbons (Fsp3) is 0.0811. The number of aromatic nitrogens is 5. The maximum atomic E-state index is 4.37. The average molecular weight is 1010 g/mol. The Kier molecular flexibility index (Phi) is 8.90. The summed E-state index contributed by atoms with van der Waals surface area (Å²) >= 11 is 0. The molecular weight excluding hydrogens is 959 g/mol. The van der Waals surface area contributed by atoms with Crippen LogP contribution in [0.3, 0.4) is 0 Å². The molecule has 0 amide bonds. The average Bonchev–Trinajstić information content (AvgIpc) is 4.41. The molecule has 0 saturated heterocycles. The van der Waals surface area contributed by atoms with Crippen LogP contribution < -0.4 is 0 Å². The summed E-state index contributed by atoms with van der Waals surface area (Å²) in [6.07, 6.45) is 1.76. The second-order valence-corrected chi connectivity index (χ2v) is 23.0. The standard InChI is InChI=1S/C74H51N5/c1-73(2)62-17-9-5-13-52(62)54-28-25-50(42-64(54)73)78-68-20-12-8-16-57(68)59-39-45(22-32-70(59)78)47-24-34-72-61(41-47)60-40-46(23-33-71(60)79(72)51-26-29-55-53-14-6-10-18-63(53)74(3,4)65(55)43-51)44-21-31-69-58(38-44)56-15-7-11-19-67(56)77(69)49-27-30-66-48(37-49)35-36-75-76-66/h5-43H,1-4H3. The summed E-state index contributed by atoms with van der Waals surface area (Å²) in [5.74, 6) is 0. The monoisotopic (exact) mass is 1010 g/mol. The molecule has 0 N–H and O–H groups in total. The number of hydrogen-bond donors (Lipinski definition) is 0. The third kappa shape index (κ3) is 6.16. The van der Waals surface area contributed by atoms with Crippen LogP contribution >= 0.6 is 0 Å². The lowest BCUT2D eigenvalue weighted by molar-refractivity contribution is 0.660. The van der Waals surface area contributed by atoms with E-state index < -0.39 is 0 Å². The van der Waals surface area contributed by atoms with E-state index in [2.05, 4.69) is 276 Å². The van der Waals surface area contributed by atoms with Crippen LogP contribution in [0.15, 0.2) is 237 Å². The van der Waals surface area contributed by atoms with Gasteiger partial charge in [-0.3, -0.25) is 0 Å². The number of benzene rings is 11. The highest BCUT2D eigenvalue weighted by Gasteiger charge is 2.37. The van der Waals surface area contributed by atoms with Crippen molar-refractivity contribution in [2.24, 2.45) is 0 Å². The van der Waals surface area contributed by atoms with Crippen molar-refractivity contribution < 1.29 is 0 Å². The van der Waals surface area contributed by atoms with Crippen LogP contribution in [-0.4, -0.2) is 23.9 Å². The molecule has 0 bridgehead atoms. The van der Waals surface area contributed by atoms with Crippen molar-refractivity contribution in [3.8, 4) is 61.6 Å². The number of nitrogens with zero attached hydrogens (tertiary/aromatic N) is 5. The Morgan fingerprint density at radius 1 is 0.291 bits per heavy atom. The lowest BCUT2D eigenvalue weighted by Gasteiger charge is -2.22. The van der Waals surface area contributed by atoms with Gasteiger partial charge >= 0.3 is 0 Å². The molecule has 79 heavy (non-hydrogen) atoms. The van der Waals surface area contributed by atoms with Crippen molar-refractivity contribution in [2.45, 2.75) is 38.5 Å². The van der Waals surface area contributed by atoms with Crippen molar-refractivity contribution in [1.29, 1.82) is 0 Å². The summed E-state index contributed by atoms with van der Waals surface area (Å²) in [7, 11) is 0. The van der Waals surface area contributed by atoms with E-state index in [-0.39, 0.29) is 10.8 Å². The van der Waals surface area contributed by atoms with Gasteiger partial charge < -0.3 is 13.7 Å². The molecule has 0 aliphatic heterocycles. The normalized spacial score (nSPS) is 14.0. The van der Waals surface area contributed by atoms with E-state index >= 15 is 0 Å². The first-order valence-electron chi connectivity index (χ1n) is 27.5. The van der Waals surface area contributed by atoms with Crippen molar-refractivity contribution in [3.05, 3.63) is 259 Å². The van der Waals surface area contributed by atoms with Gasteiger partial charge in [0.15, 0.2) is 0 Å². The Labute approximate surface area is 456 Å². The topological polar surface area (TPSA) is 40.6 Å². The highest BCUT2D eigenvalue weighted by molar-refractivity contribution is 6.15. The lowest BCUT2D eigenvalue weighted by atomic mass is 9.82. The van der Waals surface area contributed by atoms with Gasteiger partial charge in [-0.05, 0) is 176 Å². The predicted molar refractivity (Wildman–Crippen MR) is 329 cm³/mol. The number of rotatable bonds is 5. The molecule has 0 fully saturated rings. The smallest absolute Gasteiger partial charge is 0.0931 e. The molecule has 0 radical (unpaired) electrons. The highest BCUT2D eigenvalue weighted by atomic mass is 15.1. The fourth-order valence-electron chi connectivity index (χ4n) is 14.3. The molecule has 15 aromatic rings. The second-order valence-electron chi connectivity index (χ2n) is 23.0. The number of fused-ring (bicyclic) bond motifs is 16. The quantitative estimate of drug-likeness (QED) is 0.172. The minimum atomic E-state index is -0.128. The lowest BCUT2D eigenvalue weighted by Crippen LogP contribution is -2.15. The molecule has 0 saturated carbocycles. The van der Waals surface area contributed by atoms with E-state index in [9.17, 15) is 0 Å². The summed E-state index contributed by atoms with van der Waals surface area (Å²) in [6.45, 7) is 9.47. The molecule has 17 rings (SSSR count). The Morgan fingerprint density at radius 3 is 1.13 bits per heavy atom. The molecule has 2 aliphatic carbocycles. The van der Waals surface area contributed by atoms with Crippen molar-refractivity contribution in [1.82, 2.24) is 23.9 Å². The molecular formula is C74H51N5. The summed E-state index contributed by atoms with van der Waals surface area (Å²) in [5.41, 5.74) is 26.8. The Morgan fingerprint density at radius 2 is 0.658 bits per heavy atom. The molecule has 0 atom stereocenters. The van der Waals surface area contributed by atoms with E-state index in [1.807, 2.05) is 6.07 Å². The minimum absolute atomic E-state index is 0.0928.